The molecule has 0 saturated heterocycles. The van der Waals surface area contributed by atoms with Crippen LogP contribution < -0.4 is 0 Å². The highest BCUT2D eigenvalue weighted by molar-refractivity contribution is 6.13. The molecule has 0 amide bonds. The van der Waals surface area contributed by atoms with E-state index in [1.807, 2.05) is 72.8 Å². The summed E-state index contributed by atoms with van der Waals surface area (Å²) in [7, 11) is 0. The molecule has 350 valence electrons. The van der Waals surface area contributed by atoms with Crippen molar-refractivity contribution in [2.24, 2.45) is 0 Å². The molecule has 6 heteroatoms. The molecule has 0 saturated carbocycles. The van der Waals surface area contributed by atoms with Crippen molar-refractivity contribution in [1.82, 2.24) is 24.1 Å². The quantitative estimate of drug-likeness (QED) is 0.143. The van der Waals surface area contributed by atoms with Gasteiger partial charge in [0.25, 0.3) is 0 Å². The van der Waals surface area contributed by atoms with Crippen LogP contribution in [0.5, 0.6) is 0 Å². The Morgan fingerprint density at radius 2 is 0.797 bits per heavy atom. The number of para-hydroxylation sites is 2. The number of hydrogen-bond acceptors (Lipinski definition) is 3. The van der Waals surface area contributed by atoms with Crippen LogP contribution in [0, 0.1) is 34.3 Å². The van der Waals surface area contributed by atoms with E-state index in [9.17, 15) is 0 Å². The van der Waals surface area contributed by atoms with E-state index in [-0.39, 0.29) is 0 Å². The highest BCUT2D eigenvalue weighted by Crippen LogP contribution is 2.47. The molecule has 0 N–H and O–H groups in total. The number of fused-ring (bicyclic) bond motifs is 6. The first-order chi connectivity index (χ1) is 36.3. The number of nitrogens with zero attached hydrogens (tertiary/aromatic N) is 6. The topological polar surface area (TPSA) is 52.9 Å². The highest BCUT2D eigenvalue weighted by atomic mass is 15.0. The molecule has 0 unspecified atom stereocenters. The third-order valence-electron chi connectivity index (χ3n) is 14.6. The van der Waals surface area contributed by atoms with E-state index >= 15 is 0 Å². The van der Waals surface area contributed by atoms with Gasteiger partial charge in [-0.3, -0.25) is 0 Å². The maximum Gasteiger partial charge on any atom is 0.197 e. The molecule has 0 aliphatic carbocycles. The van der Waals surface area contributed by atoms with Crippen LogP contribution in [-0.4, -0.2) is 24.1 Å². The summed E-state index contributed by atoms with van der Waals surface area (Å²) in [5.74, 6) is 1.69. The first-order valence-electron chi connectivity index (χ1n) is 25.0. The van der Waals surface area contributed by atoms with Gasteiger partial charge >= 0.3 is 0 Å². The smallest absolute Gasteiger partial charge is 0.197 e. The molecule has 0 aliphatic rings. The Morgan fingerprint density at radius 1 is 0.338 bits per heavy atom. The van der Waals surface area contributed by atoms with Gasteiger partial charge in [0, 0.05) is 49.5 Å². The second kappa shape index (κ2) is 17.9. The average molecular weight is 949 g/mol. The minimum absolute atomic E-state index is 0.530. The van der Waals surface area contributed by atoms with E-state index < -0.39 is 0 Å². The third kappa shape index (κ3) is 7.45. The molecule has 13 aromatic rings. The Labute approximate surface area is 430 Å². The van der Waals surface area contributed by atoms with E-state index in [0.717, 1.165) is 88.4 Å². The molecule has 6 nitrogen and oxygen atoms in total. The van der Waals surface area contributed by atoms with E-state index in [1.54, 1.807) is 0 Å². The van der Waals surface area contributed by atoms with Crippen molar-refractivity contribution in [3.05, 3.63) is 252 Å². The summed E-state index contributed by atoms with van der Waals surface area (Å²) < 4.78 is 4.73. The van der Waals surface area contributed by atoms with Gasteiger partial charge in [-0.05, 0) is 127 Å². The van der Waals surface area contributed by atoms with Crippen LogP contribution in [0.15, 0.2) is 218 Å². The van der Waals surface area contributed by atoms with Crippen LogP contribution in [0.2, 0.25) is 0 Å². The zero-order chi connectivity index (χ0) is 50.0. The normalized spacial score (nSPS) is 11.5. The maximum absolute atomic E-state index is 8.92. The molecule has 3 aromatic heterocycles. The van der Waals surface area contributed by atoms with Crippen molar-refractivity contribution >= 4 is 49.3 Å². The predicted octanol–water partition coefficient (Wildman–Crippen LogP) is 17.9. The van der Waals surface area contributed by atoms with Gasteiger partial charge in [-0.15, -0.1) is 0 Å². The van der Waals surface area contributed by atoms with Crippen molar-refractivity contribution in [3.63, 3.8) is 0 Å². The lowest BCUT2D eigenvalue weighted by Crippen LogP contribution is -2.04. The molecule has 0 aliphatic heterocycles. The number of aryl methyl sites for hydroxylation is 4. The standard InChI is InChI=1S/C68H48N6/c1-42-27-32-51(44(3)37-42)48-29-34-61-55(39-48)53-21-12-14-24-59(53)73(61)63-36-31-50(68-71-66(46-17-8-6-9-18-46)70-67(72-68)47-19-10-7-11-20-47)41-57(63)65-58(69-5)23-16-26-64(65)74-60-25-15-13-22-54(60)56-40-49(30-35-62(56)74)52-33-28-43(2)38-45(52)4/h6-41H,1-4H3. The summed E-state index contributed by atoms with van der Waals surface area (Å²) in [5.41, 5.74) is 20.5. The lowest BCUT2D eigenvalue weighted by atomic mass is 9.96. The monoisotopic (exact) mass is 948 g/mol. The van der Waals surface area contributed by atoms with Gasteiger partial charge in [0.05, 0.1) is 34.3 Å². The van der Waals surface area contributed by atoms with Crippen molar-refractivity contribution in [2.75, 3.05) is 0 Å². The highest BCUT2D eigenvalue weighted by Gasteiger charge is 2.25. The summed E-state index contributed by atoms with van der Waals surface area (Å²) in [6.45, 7) is 17.6. The van der Waals surface area contributed by atoms with Crippen molar-refractivity contribution < 1.29 is 0 Å². The van der Waals surface area contributed by atoms with Crippen LogP contribution in [0.3, 0.4) is 0 Å². The SMILES string of the molecule is [C-]#[N+]c1cccc(-n2c3ccccc3c3cc(-c4ccc(C)cc4C)ccc32)c1-c1cc(-c2nc(-c3ccccc3)nc(-c3ccccc3)n2)ccc1-n1c2ccccc2c2cc(-c3ccc(C)cc3C)ccc21. The third-order valence-corrected chi connectivity index (χ3v) is 14.6. The Bertz CT molecular complexity index is 4360. The van der Waals surface area contributed by atoms with Crippen molar-refractivity contribution in [1.29, 1.82) is 0 Å². The van der Waals surface area contributed by atoms with E-state index in [1.165, 1.54) is 38.9 Å². The fraction of sp³-hybridized carbons (Fsp3) is 0.0588. The summed E-state index contributed by atoms with van der Waals surface area (Å²) in [5, 5.41) is 4.56. The van der Waals surface area contributed by atoms with E-state index in [2.05, 4.69) is 187 Å². The van der Waals surface area contributed by atoms with Crippen molar-refractivity contribution in [3.8, 4) is 78.9 Å². The maximum atomic E-state index is 8.92. The van der Waals surface area contributed by atoms with Gasteiger partial charge in [0.15, 0.2) is 23.2 Å². The first kappa shape index (κ1) is 44.3. The van der Waals surface area contributed by atoms with Crippen LogP contribution in [0.1, 0.15) is 22.3 Å². The molecule has 0 radical (unpaired) electrons. The largest absolute Gasteiger partial charge is 0.310 e. The summed E-state index contributed by atoms with van der Waals surface area (Å²) in [6.07, 6.45) is 0. The molecule has 3 heterocycles. The second-order valence-electron chi connectivity index (χ2n) is 19.4. The summed E-state index contributed by atoms with van der Waals surface area (Å²) in [6, 6.07) is 77.1. The minimum Gasteiger partial charge on any atom is -0.310 e. The van der Waals surface area contributed by atoms with Crippen LogP contribution in [-0.2, 0) is 0 Å². The Morgan fingerprint density at radius 3 is 1.31 bits per heavy atom. The molecule has 0 spiro atoms. The van der Waals surface area contributed by atoms with Gasteiger partial charge in [0.1, 0.15) is 0 Å². The van der Waals surface area contributed by atoms with E-state index in [0.29, 0.717) is 23.2 Å². The number of rotatable bonds is 8. The Kier molecular flexibility index (Phi) is 10.7. The molecule has 0 bridgehead atoms. The van der Waals surface area contributed by atoms with Gasteiger partial charge in [-0.2, -0.15) is 0 Å². The molecular weight excluding hydrogens is 901 g/mol. The van der Waals surface area contributed by atoms with Gasteiger partial charge in [-0.1, -0.05) is 169 Å². The lowest BCUT2D eigenvalue weighted by Gasteiger charge is -2.21. The van der Waals surface area contributed by atoms with Crippen LogP contribution >= 0.6 is 0 Å². The molecule has 0 atom stereocenters. The number of hydrogen-bond donors (Lipinski definition) is 0. The van der Waals surface area contributed by atoms with Gasteiger partial charge in [0.2, 0.25) is 0 Å². The first-order valence-corrected chi connectivity index (χ1v) is 25.0. The van der Waals surface area contributed by atoms with Gasteiger partial charge < -0.3 is 9.13 Å². The number of benzene rings is 10. The van der Waals surface area contributed by atoms with Crippen LogP contribution in [0.4, 0.5) is 5.69 Å². The predicted molar refractivity (Wildman–Crippen MR) is 306 cm³/mol. The minimum atomic E-state index is 0.530. The Balaban J connectivity index is 1.11. The molecular formula is C68H48N6. The van der Waals surface area contributed by atoms with Crippen molar-refractivity contribution in [2.45, 2.75) is 27.7 Å². The molecule has 10 aromatic carbocycles. The summed E-state index contributed by atoms with van der Waals surface area (Å²) in [4.78, 5) is 19.8. The fourth-order valence-electron chi connectivity index (χ4n) is 11.2. The fourth-order valence-corrected chi connectivity index (χ4v) is 11.2. The zero-order valence-electron chi connectivity index (χ0n) is 41.5. The summed E-state index contributed by atoms with van der Waals surface area (Å²) >= 11 is 0. The lowest BCUT2D eigenvalue weighted by molar-refractivity contribution is 1.07. The molecule has 74 heavy (non-hydrogen) atoms. The average Bonchev–Trinajstić information content (AvgIpc) is 3.95. The van der Waals surface area contributed by atoms with Crippen LogP contribution in [0.25, 0.3) is 127 Å². The van der Waals surface area contributed by atoms with Gasteiger partial charge in [-0.25, -0.2) is 19.8 Å². The molecule has 0 fully saturated rings. The molecule has 13 rings (SSSR count). The van der Waals surface area contributed by atoms with E-state index in [4.69, 9.17) is 21.5 Å². The zero-order valence-corrected chi connectivity index (χ0v) is 41.5. The Hall–Kier alpha value is -9.70. The second-order valence-corrected chi connectivity index (χ2v) is 19.4. The number of aromatic nitrogens is 5.